The van der Waals surface area contributed by atoms with Crippen LogP contribution in [0.4, 0.5) is 0 Å². The van der Waals surface area contributed by atoms with Crippen molar-refractivity contribution in [2.75, 3.05) is 106 Å². The van der Waals surface area contributed by atoms with E-state index in [2.05, 4.69) is 21.2 Å². The van der Waals surface area contributed by atoms with E-state index in [-0.39, 0.29) is 0 Å². The van der Waals surface area contributed by atoms with Gasteiger partial charge in [-0.2, -0.15) is 0 Å². The Morgan fingerprint density at radius 3 is 0.963 bits per heavy atom. The second kappa shape index (κ2) is 26.7. The minimum Gasteiger partial charge on any atom is -0.378 e. The predicted octanol–water partition coefficient (Wildman–Crippen LogP) is 1.08. The highest BCUT2D eigenvalue weighted by molar-refractivity contribution is 14.2. The van der Waals surface area contributed by atoms with Crippen molar-refractivity contribution >= 4 is 30.4 Å². The summed E-state index contributed by atoms with van der Waals surface area (Å²) in [5.74, 6) is 0. The van der Waals surface area contributed by atoms with Crippen molar-refractivity contribution < 1.29 is 37.3 Å². The predicted molar refractivity (Wildman–Crippen MR) is 112 cm³/mol. The summed E-state index contributed by atoms with van der Waals surface area (Å²) in [6, 6.07) is 0. The van der Waals surface area contributed by atoms with Gasteiger partial charge in [-0.1, -0.05) is 0 Å². The molecule has 11 heteroatoms. The van der Waals surface area contributed by atoms with Crippen LogP contribution in [0.2, 0.25) is 0 Å². The van der Waals surface area contributed by atoms with Gasteiger partial charge in [0, 0.05) is 27.8 Å². The molecule has 0 saturated carbocycles. The molecule has 0 aromatic heterocycles. The van der Waals surface area contributed by atoms with Gasteiger partial charge in [0.05, 0.1) is 108 Å². The smallest absolute Gasteiger partial charge is 0.0857 e. The lowest BCUT2D eigenvalue weighted by Crippen LogP contribution is -2.15. The van der Waals surface area contributed by atoms with Crippen LogP contribution >= 0.6 is 30.4 Å². The zero-order chi connectivity index (χ0) is 19.7. The maximum atomic E-state index is 5.40. The molecule has 0 bridgehead atoms. The van der Waals surface area contributed by atoms with Crippen LogP contribution in [0.1, 0.15) is 0 Å². The minimum absolute atomic E-state index is 0.534. The third kappa shape index (κ3) is 26.7. The van der Waals surface area contributed by atoms with Crippen LogP contribution in [0, 0.1) is 0 Å². The van der Waals surface area contributed by atoms with Crippen molar-refractivity contribution in [1.29, 1.82) is 0 Å². The molecular weight excluding hydrogens is 493 g/mol. The molecule has 0 atom stereocenters. The Hall–Kier alpha value is 0.720. The van der Waals surface area contributed by atoms with Crippen LogP contribution in [0.5, 0.6) is 0 Å². The molecule has 164 valence electrons. The van der Waals surface area contributed by atoms with Gasteiger partial charge in [-0.05, 0) is 0 Å². The summed E-state index contributed by atoms with van der Waals surface area (Å²) in [5.41, 5.74) is 5.30. The van der Waals surface area contributed by atoms with Crippen LogP contribution < -0.4 is 5.73 Å². The van der Waals surface area contributed by atoms with E-state index in [1.165, 1.54) is 9.21 Å². The Kier molecular flexibility index (Phi) is 27.4. The molecule has 2 N–H and O–H groups in total. The first-order valence-corrected chi connectivity index (χ1v) is 12.3. The standard InChI is InChI=1S/C16H34INO8S/c17-27-26-16-15-25-14-13-24-12-11-23-10-9-22-8-7-21-6-5-20-4-3-19-2-1-18/h1-16,18H2. The molecule has 0 amide bonds. The van der Waals surface area contributed by atoms with Crippen LogP contribution in [0.15, 0.2) is 0 Å². The molecule has 0 spiro atoms. The van der Waals surface area contributed by atoms with Crippen molar-refractivity contribution in [1.82, 2.24) is 0 Å². The zero-order valence-electron chi connectivity index (χ0n) is 15.9. The first-order valence-electron chi connectivity index (χ1n) is 9.06. The fourth-order valence-corrected chi connectivity index (χ4v) is 2.30. The largest absolute Gasteiger partial charge is 0.378 e. The molecule has 0 aromatic carbocycles. The summed E-state index contributed by atoms with van der Waals surface area (Å²) in [7, 11) is 1.31. The lowest BCUT2D eigenvalue weighted by atomic mass is 10.6. The van der Waals surface area contributed by atoms with Crippen LogP contribution in [0.25, 0.3) is 0 Å². The molecule has 0 aliphatic heterocycles. The minimum atomic E-state index is 0.534. The molecule has 0 radical (unpaired) electrons. The van der Waals surface area contributed by atoms with Gasteiger partial charge in [0.15, 0.2) is 0 Å². The Labute approximate surface area is 179 Å². The van der Waals surface area contributed by atoms with Gasteiger partial charge in [-0.3, -0.25) is 0 Å². The van der Waals surface area contributed by atoms with E-state index in [1.54, 1.807) is 0 Å². The maximum Gasteiger partial charge on any atom is 0.0857 e. The Bertz CT molecular complexity index is 249. The van der Waals surface area contributed by atoms with Gasteiger partial charge in [-0.15, -0.1) is 0 Å². The second-order valence-electron chi connectivity index (χ2n) is 4.96. The van der Waals surface area contributed by atoms with E-state index in [0.29, 0.717) is 106 Å². The van der Waals surface area contributed by atoms with Gasteiger partial charge in [0.2, 0.25) is 0 Å². The summed E-state index contributed by atoms with van der Waals surface area (Å²) in [4.78, 5) is 0. The summed E-state index contributed by atoms with van der Waals surface area (Å²) >= 11 is 2.07. The van der Waals surface area contributed by atoms with Gasteiger partial charge >= 0.3 is 0 Å². The van der Waals surface area contributed by atoms with E-state index in [9.17, 15) is 0 Å². The van der Waals surface area contributed by atoms with Gasteiger partial charge in [0.25, 0.3) is 0 Å². The molecule has 0 saturated heterocycles. The van der Waals surface area contributed by atoms with E-state index in [0.717, 1.165) is 0 Å². The average Bonchev–Trinajstić information content (AvgIpc) is 2.68. The van der Waals surface area contributed by atoms with Crippen molar-refractivity contribution in [3.05, 3.63) is 0 Å². The van der Waals surface area contributed by atoms with Crippen LogP contribution in [-0.4, -0.2) is 106 Å². The van der Waals surface area contributed by atoms with Gasteiger partial charge in [0.1, 0.15) is 0 Å². The lowest BCUT2D eigenvalue weighted by Gasteiger charge is -2.08. The fraction of sp³-hybridized carbons (Fsp3) is 1.00. The molecule has 0 aliphatic rings. The molecule has 0 unspecified atom stereocenters. The van der Waals surface area contributed by atoms with E-state index < -0.39 is 0 Å². The fourth-order valence-electron chi connectivity index (χ4n) is 1.63. The highest BCUT2D eigenvalue weighted by atomic mass is 127. The van der Waals surface area contributed by atoms with Crippen molar-refractivity contribution in [2.45, 2.75) is 0 Å². The molecule has 9 nitrogen and oxygen atoms in total. The summed E-state index contributed by atoms with van der Waals surface area (Å²) in [6.45, 7) is 8.83. The number of nitrogens with two attached hydrogens (primary N) is 1. The highest BCUT2D eigenvalue weighted by Gasteiger charge is 1.94. The van der Waals surface area contributed by atoms with Gasteiger partial charge < -0.3 is 43.1 Å². The number of rotatable bonds is 24. The summed E-state index contributed by atoms with van der Waals surface area (Å²) in [6.07, 6.45) is 0. The summed E-state index contributed by atoms with van der Waals surface area (Å²) < 4.78 is 42.4. The molecule has 0 heterocycles. The quantitative estimate of drug-likeness (QED) is 0.112. The van der Waals surface area contributed by atoms with E-state index >= 15 is 0 Å². The Balaban J connectivity index is 2.95. The maximum absolute atomic E-state index is 5.40. The number of ether oxygens (including phenoxy) is 7. The SMILES string of the molecule is NCCOCCOCCOCCOCCOCCOCCOCCOSI. The molecule has 0 fully saturated rings. The lowest BCUT2D eigenvalue weighted by molar-refractivity contribution is -0.0208. The van der Waals surface area contributed by atoms with Gasteiger partial charge in [-0.25, -0.2) is 0 Å². The monoisotopic (exact) mass is 527 g/mol. The zero-order valence-corrected chi connectivity index (χ0v) is 18.9. The third-order valence-corrected chi connectivity index (χ3v) is 3.87. The van der Waals surface area contributed by atoms with E-state index in [4.69, 9.17) is 43.1 Å². The molecule has 27 heavy (non-hydrogen) atoms. The second-order valence-corrected chi connectivity index (χ2v) is 6.40. The normalized spacial score (nSPS) is 11.3. The van der Waals surface area contributed by atoms with Crippen molar-refractivity contribution in [3.63, 3.8) is 0 Å². The third-order valence-electron chi connectivity index (χ3n) is 2.85. The molecule has 0 rings (SSSR count). The summed E-state index contributed by atoms with van der Waals surface area (Å²) in [5, 5.41) is 0. The Morgan fingerprint density at radius 2 is 0.704 bits per heavy atom. The number of halogens is 1. The molecular formula is C16H34INO8S. The average molecular weight is 527 g/mol. The van der Waals surface area contributed by atoms with Crippen molar-refractivity contribution in [2.24, 2.45) is 5.73 Å². The number of hydrogen-bond acceptors (Lipinski definition) is 10. The van der Waals surface area contributed by atoms with Crippen LogP contribution in [-0.2, 0) is 37.3 Å². The molecule has 0 aromatic rings. The first kappa shape index (κ1) is 27.7. The Morgan fingerprint density at radius 1 is 0.444 bits per heavy atom. The first-order chi connectivity index (χ1) is 13.4. The highest BCUT2D eigenvalue weighted by Crippen LogP contribution is 2.10. The van der Waals surface area contributed by atoms with E-state index in [1.807, 2.05) is 0 Å². The van der Waals surface area contributed by atoms with Crippen molar-refractivity contribution in [3.8, 4) is 0 Å². The number of hydrogen-bond donors (Lipinski definition) is 1. The topological polar surface area (TPSA) is 99.9 Å². The molecule has 0 aliphatic carbocycles. The van der Waals surface area contributed by atoms with Crippen LogP contribution in [0.3, 0.4) is 0 Å².